The number of nitrogens with one attached hydrogen (secondary N) is 1. The van der Waals surface area contributed by atoms with Gasteiger partial charge in [0.25, 0.3) is 0 Å². The zero-order valence-corrected chi connectivity index (χ0v) is 12.7. The second-order valence-corrected chi connectivity index (χ2v) is 7.12. The average Bonchev–Trinajstić information content (AvgIpc) is 2.41. The number of sulfone groups is 1. The maximum Gasteiger partial charge on any atom is 0.237 e. The molecule has 1 amide bonds. The minimum atomic E-state index is -3.09. The Labute approximate surface area is 120 Å². The van der Waals surface area contributed by atoms with E-state index in [9.17, 15) is 13.2 Å². The van der Waals surface area contributed by atoms with Gasteiger partial charge in [-0.1, -0.05) is 31.2 Å². The Morgan fingerprint density at radius 3 is 2.45 bits per heavy atom. The molecule has 0 heterocycles. The van der Waals surface area contributed by atoms with Crippen LogP contribution in [0.1, 0.15) is 24.5 Å². The fraction of sp³-hybridized carbons (Fsp3) is 0.500. The molecule has 0 saturated heterocycles. The molecule has 0 aliphatic carbocycles. The fourth-order valence-electron chi connectivity index (χ4n) is 1.86. The van der Waals surface area contributed by atoms with Gasteiger partial charge in [-0.3, -0.25) is 4.79 Å². The number of carbonyl (C=O) groups excluding carboxylic acids is 1. The van der Waals surface area contributed by atoms with Crippen molar-refractivity contribution < 1.29 is 13.2 Å². The Hall–Kier alpha value is -1.40. The van der Waals surface area contributed by atoms with Crippen LogP contribution in [0.5, 0.6) is 0 Å². The van der Waals surface area contributed by atoms with Gasteiger partial charge in [0.2, 0.25) is 5.91 Å². The molecule has 20 heavy (non-hydrogen) atoms. The van der Waals surface area contributed by atoms with E-state index in [1.54, 1.807) is 0 Å². The molecule has 1 aromatic rings. The molecule has 0 saturated carbocycles. The highest BCUT2D eigenvalue weighted by Crippen LogP contribution is 2.09. The van der Waals surface area contributed by atoms with Crippen molar-refractivity contribution in [2.45, 2.75) is 32.4 Å². The summed E-state index contributed by atoms with van der Waals surface area (Å²) in [6.45, 7) is 2.47. The second kappa shape index (κ2) is 7.40. The molecule has 0 bridgehead atoms. The van der Waals surface area contributed by atoms with Gasteiger partial charge in [0.05, 0.1) is 11.8 Å². The highest BCUT2D eigenvalue weighted by molar-refractivity contribution is 7.90. The van der Waals surface area contributed by atoms with E-state index in [1.807, 2.05) is 24.3 Å². The van der Waals surface area contributed by atoms with Crippen molar-refractivity contribution in [3.05, 3.63) is 35.4 Å². The third-order valence-electron chi connectivity index (χ3n) is 3.09. The monoisotopic (exact) mass is 298 g/mol. The van der Waals surface area contributed by atoms with Gasteiger partial charge in [-0.2, -0.15) is 0 Å². The number of aryl methyl sites for hydroxylation is 1. The Balaban J connectivity index is 2.50. The summed E-state index contributed by atoms with van der Waals surface area (Å²) in [7, 11) is -3.09. The molecule has 1 aromatic carbocycles. The van der Waals surface area contributed by atoms with Crippen LogP contribution < -0.4 is 11.1 Å². The summed E-state index contributed by atoms with van der Waals surface area (Å²) < 4.78 is 22.1. The first-order chi connectivity index (χ1) is 9.33. The number of benzene rings is 1. The standard InChI is InChI=1S/C14H22N2O3S/c1-3-11-6-4-5-7-12(11)10-16-14(17)13(15)8-9-20(2,18)19/h4-7,13H,3,8-10,15H2,1-2H3,(H,16,17). The Bertz CT molecular complexity index is 555. The van der Waals surface area contributed by atoms with Gasteiger partial charge in [-0.25, -0.2) is 8.42 Å². The van der Waals surface area contributed by atoms with Gasteiger partial charge >= 0.3 is 0 Å². The largest absolute Gasteiger partial charge is 0.351 e. The van der Waals surface area contributed by atoms with E-state index in [0.29, 0.717) is 6.54 Å². The lowest BCUT2D eigenvalue weighted by Crippen LogP contribution is -2.41. The van der Waals surface area contributed by atoms with Crippen molar-refractivity contribution in [3.8, 4) is 0 Å². The highest BCUT2D eigenvalue weighted by atomic mass is 32.2. The average molecular weight is 298 g/mol. The number of rotatable bonds is 7. The van der Waals surface area contributed by atoms with E-state index in [0.717, 1.165) is 18.2 Å². The minimum Gasteiger partial charge on any atom is -0.351 e. The molecule has 112 valence electrons. The predicted octanol–water partition coefficient (Wildman–Crippen LogP) is 0.627. The zero-order chi connectivity index (χ0) is 15.2. The van der Waals surface area contributed by atoms with Crippen molar-refractivity contribution >= 4 is 15.7 Å². The van der Waals surface area contributed by atoms with E-state index in [1.165, 1.54) is 5.56 Å². The molecule has 1 atom stereocenters. The fourth-order valence-corrected chi connectivity index (χ4v) is 2.54. The van der Waals surface area contributed by atoms with Crippen LogP contribution in [-0.2, 0) is 27.6 Å². The summed E-state index contributed by atoms with van der Waals surface area (Å²) >= 11 is 0. The molecule has 1 rings (SSSR count). The summed E-state index contributed by atoms with van der Waals surface area (Å²) in [5.74, 6) is -0.396. The lowest BCUT2D eigenvalue weighted by atomic mass is 10.1. The normalized spacial score (nSPS) is 12.9. The molecule has 0 radical (unpaired) electrons. The quantitative estimate of drug-likeness (QED) is 0.772. The first-order valence-corrected chi connectivity index (χ1v) is 8.67. The molecular weight excluding hydrogens is 276 g/mol. The molecule has 0 aromatic heterocycles. The number of amides is 1. The second-order valence-electron chi connectivity index (χ2n) is 4.87. The topological polar surface area (TPSA) is 89.3 Å². The summed E-state index contributed by atoms with van der Waals surface area (Å²) in [5.41, 5.74) is 7.92. The van der Waals surface area contributed by atoms with Crippen molar-refractivity contribution in [2.24, 2.45) is 5.73 Å². The Kier molecular flexibility index (Phi) is 6.16. The van der Waals surface area contributed by atoms with Crippen LogP contribution in [0.25, 0.3) is 0 Å². The number of carbonyl (C=O) groups is 1. The van der Waals surface area contributed by atoms with Crippen LogP contribution in [-0.4, -0.2) is 32.4 Å². The van der Waals surface area contributed by atoms with Crippen LogP contribution in [0.15, 0.2) is 24.3 Å². The van der Waals surface area contributed by atoms with E-state index < -0.39 is 15.9 Å². The highest BCUT2D eigenvalue weighted by Gasteiger charge is 2.15. The Morgan fingerprint density at radius 1 is 1.30 bits per heavy atom. The van der Waals surface area contributed by atoms with Crippen LogP contribution in [0.4, 0.5) is 0 Å². The summed E-state index contributed by atoms with van der Waals surface area (Å²) in [6, 6.07) is 7.07. The van der Waals surface area contributed by atoms with E-state index in [-0.39, 0.29) is 18.1 Å². The van der Waals surface area contributed by atoms with Gasteiger partial charge in [-0.05, 0) is 24.0 Å². The summed E-state index contributed by atoms with van der Waals surface area (Å²) in [5, 5.41) is 2.75. The molecule has 1 unspecified atom stereocenters. The third-order valence-corrected chi connectivity index (χ3v) is 4.07. The van der Waals surface area contributed by atoms with Crippen molar-refractivity contribution in [1.82, 2.24) is 5.32 Å². The van der Waals surface area contributed by atoms with E-state index in [2.05, 4.69) is 12.2 Å². The molecular formula is C14H22N2O3S. The van der Waals surface area contributed by atoms with Crippen molar-refractivity contribution in [2.75, 3.05) is 12.0 Å². The van der Waals surface area contributed by atoms with Gasteiger partial charge < -0.3 is 11.1 Å². The Morgan fingerprint density at radius 2 is 1.90 bits per heavy atom. The maximum atomic E-state index is 11.8. The summed E-state index contributed by atoms with van der Waals surface area (Å²) in [6.07, 6.45) is 2.17. The first kappa shape index (κ1) is 16.7. The van der Waals surface area contributed by atoms with Gasteiger partial charge in [0.15, 0.2) is 0 Å². The van der Waals surface area contributed by atoms with E-state index in [4.69, 9.17) is 5.73 Å². The zero-order valence-electron chi connectivity index (χ0n) is 11.9. The predicted molar refractivity (Wildman–Crippen MR) is 80.0 cm³/mol. The maximum absolute atomic E-state index is 11.8. The number of hydrogen-bond acceptors (Lipinski definition) is 4. The van der Waals surface area contributed by atoms with Crippen LogP contribution >= 0.6 is 0 Å². The van der Waals surface area contributed by atoms with Crippen molar-refractivity contribution in [1.29, 1.82) is 0 Å². The SMILES string of the molecule is CCc1ccccc1CNC(=O)C(N)CCS(C)(=O)=O. The molecule has 3 N–H and O–H groups in total. The van der Waals surface area contributed by atoms with Crippen LogP contribution in [0, 0.1) is 0 Å². The van der Waals surface area contributed by atoms with Gasteiger partial charge in [0.1, 0.15) is 9.84 Å². The van der Waals surface area contributed by atoms with Gasteiger partial charge in [-0.15, -0.1) is 0 Å². The molecule has 0 fully saturated rings. The lowest BCUT2D eigenvalue weighted by Gasteiger charge is -2.13. The van der Waals surface area contributed by atoms with Crippen molar-refractivity contribution in [3.63, 3.8) is 0 Å². The molecule has 0 aliphatic heterocycles. The third kappa shape index (κ3) is 5.71. The van der Waals surface area contributed by atoms with Crippen LogP contribution in [0.2, 0.25) is 0 Å². The van der Waals surface area contributed by atoms with Gasteiger partial charge in [0, 0.05) is 12.8 Å². The number of nitrogens with two attached hydrogens (primary N) is 1. The number of hydrogen-bond donors (Lipinski definition) is 2. The molecule has 0 aliphatic rings. The molecule has 5 nitrogen and oxygen atoms in total. The lowest BCUT2D eigenvalue weighted by molar-refractivity contribution is -0.122. The van der Waals surface area contributed by atoms with Crippen LogP contribution in [0.3, 0.4) is 0 Å². The molecule has 6 heteroatoms. The summed E-state index contributed by atoms with van der Waals surface area (Å²) in [4.78, 5) is 11.8. The smallest absolute Gasteiger partial charge is 0.237 e. The molecule has 0 spiro atoms. The first-order valence-electron chi connectivity index (χ1n) is 6.61. The van der Waals surface area contributed by atoms with E-state index >= 15 is 0 Å². The minimum absolute atomic E-state index is 0.0763.